The highest BCUT2D eigenvalue weighted by Crippen LogP contribution is 2.42. The molecular formula is C24H27F3N4O. The predicted molar refractivity (Wildman–Crippen MR) is 121 cm³/mol. The van der Waals surface area contributed by atoms with Crippen LogP contribution in [0.3, 0.4) is 0 Å². The molecule has 0 amide bonds. The number of ether oxygens (including phenoxy) is 1. The van der Waals surface area contributed by atoms with Crippen LogP contribution in [0.2, 0.25) is 0 Å². The molecule has 0 aromatic heterocycles. The maximum absolute atomic E-state index is 13.4. The first-order chi connectivity index (χ1) is 15.2. The molecule has 3 atom stereocenters. The van der Waals surface area contributed by atoms with Gasteiger partial charge in [0.25, 0.3) is 0 Å². The normalized spacial score (nSPS) is 23.4. The van der Waals surface area contributed by atoms with Gasteiger partial charge in [0.15, 0.2) is 0 Å². The van der Waals surface area contributed by atoms with E-state index in [2.05, 4.69) is 26.9 Å². The highest BCUT2D eigenvalue weighted by atomic mass is 19.4. The third-order valence-corrected chi connectivity index (χ3v) is 6.82. The first-order valence-electron chi connectivity index (χ1n) is 11.0. The number of anilines is 3. The van der Waals surface area contributed by atoms with Crippen LogP contribution in [0.5, 0.6) is 0 Å². The summed E-state index contributed by atoms with van der Waals surface area (Å²) in [4.78, 5) is 9.16. The quantitative estimate of drug-likeness (QED) is 0.692. The summed E-state index contributed by atoms with van der Waals surface area (Å²) in [5, 5.41) is 0. The summed E-state index contributed by atoms with van der Waals surface area (Å²) in [5.74, 6) is 0. The van der Waals surface area contributed by atoms with E-state index in [1.165, 1.54) is 17.3 Å². The Bertz CT molecular complexity index is 1060. The third-order valence-electron chi connectivity index (χ3n) is 6.82. The van der Waals surface area contributed by atoms with Crippen molar-refractivity contribution in [3.63, 3.8) is 0 Å². The van der Waals surface area contributed by atoms with E-state index in [1.54, 1.807) is 6.07 Å². The zero-order chi connectivity index (χ0) is 22.6. The SMILES string of the molecule is CC1N=Cc2cc3c(cc2N1[C@H](C)c1cc(N)cc(C(F)(F)F)c1)CCN3C1CCOC1. The maximum atomic E-state index is 13.4. The lowest BCUT2D eigenvalue weighted by molar-refractivity contribution is -0.137. The molecule has 2 N–H and O–H groups in total. The Balaban J connectivity index is 1.52. The van der Waals surface area contributed by atoms with Gasteiger partial charge in [-0.25, -0.2) is 0 Å². The highest BCUT2D eigenvalue weighted by Gasteiger charge is 2.35. The van der Waals surface area contributed by atoms with Crippen LogP contribution in [0.25, 0.3) is 0 Å². The molecule has 0 bridgehead atoms. The fourth-order valence-corrected chi connectivity index (χ4v) is 5.17. The molecule has 1 fully saturated rings. The maximum Gasteiger partial charge on any atom is 0.416 e. The summed E-state index contributed by atoms with van der Waals surface area (Å²) in [6, 6.07) is 8.24. The number of nitrogens with zero attached hydrogens (tertiary/aromatic N) is 3. The molecule has 3 heterocycles. The Labute approximate surface area is 185 Å². The number of nitrogens with two attached hydrogens (primary N) is 1. The molecule has 3 aliphatic heterocycles. The number of fused-ring (bicyclic) bond motifs is 2. The van der Waals surface area contributed by atoms with Crippen molar-refractivity contribution >= 4 is 23.3 Å². The van der Waals surface area contributed by atoms with Crippen LogP contribution in [0.4, 0.5) is 30.2 Å². The van der Waals surface area contributed by atoms with Gasteiger partial charge in [-0.1, -0.05) is 0 Å². The van der Waals surface area contributed by atoms with Gasteiger partial charge in [0.1, 0.15) is 6.17 Å². The van der Waals surface area contributed by atoms with E-state index in [-0.39, 0.29) is 17.9 Å². The molecule has 3 aliphatic rings. The van der Waals surface area contributed by atoms with Gasteiger partial charge in [-0.05, 0) is 68.1 Å². The molecule has 170 valence electrons. The Morgan fingerprint density at radius 3 is 2.69 bits per heavy atom. The number of aliphatic imine (C=N–C) groups is 1. The van der Waals surface area contributed by atoms with Crippen molar-refractivity contribution in [3.8, 4) is 0 Å². The third kappa shape index (κ3) is 3.60. The minimum atomic E-state index is -4.44. The monoisotopic (exact) mass is 444 g/mol. The van der Waals surface area contributed by atoms with Gasteiger partial charge in [0.2, 0.25) is 0 Å². The number of alkyl halides is 3. The number of halogens is 3. The minimum Gasteiger partial charge on any atom is -0.399 e. The fourth-order valence-electron chi connectivity index (χ4n) is 5.17. The molecule has 0 aliphatic carbocycles. The van der Waals surface area contributed by atoms with Gasteiger partial charge >= 0.3 is 6.18 Å². The van der Waals surface area contributed by atoms with E-state index in [0.717, 1.165) is 49.9 Å². The molecular weight excluding hydrogens is 417 g/mol. The largest absolute Gasteiger partial charge is 0.416 e. The topological polar surface area (TPSA) is 54.1 Å². The lowest BCUT2D eigenvalue weighted by Gasteiger charge is -2.39. The molecule has 5 nitrogen and oxygen atoms in total. The molecule has 0 saturated carbocycles. The number of hydrogen-bond donors (Lipinski definition) is 1. The van der Waals surface area contributed by atoms with E-state index < -0.39 is 11.7 Å². The first kappa shape index (κ1) is 21.1. The molecule has 5 rings (SSSR count). The zero-order valence-corrected chi connectivity index (χ0v) is 18.2. The van der Waals surface area contributed by atoms with Crippen molar-refractivity contribution in [2.24, 2.45) is 4.99 Å². The Morgan fingerprint density at radius 2 is 1.97 bits per heavy atom. The van der Waals surface area contributed by atoms with Crippen molar-refractivity contribution < 1.29 is 17.9 Å². The zero-order valence-electron chi connectivity index (χ0n) is 18.2. The molecule has 2 unspecified atom stereocenters. The summed E-state index contributed by atoms with van der Waals surface area (Å²) in [6.45, 7) is 6.38. The Kier molecular flexibility index (Phi) is 5.08. The second kappa shape index (κ2) is 7.69. The van der Waals surface area contributed by atoms with Crippen molar-refractivity contribution in [3.05, 3.63) is 52.6 Å². The lowest BCUT2D eigenvalue weighted by atomic mass is 9.98. The Morgan fingerprint density at radius 1 is 1.16 bits per heavy atom. The number of nitrogen functional groups attached to an aromatic ring is 1. The van der Waals surface area contributed by atoms with E-state index in [9.17, 15) is 13.2 Å². The highest BCUT2D eigenvalue weighted by molar-refractivity contribution is 5.93. The van der Waals surface area contributed by atoms with Crippen molar-refractivity contribution in [1.82, 2.24) is 0 Å². The van der Waals surface area contributed by atoms with Crippen LogP contribution in [-0.4, -0.2) is 38.2 Å². The number of hydrogen-bond acceptors (Lipinski definition) is 5. The summed E-state index contributed by atoms with van der Waals surface area (Å²) in [7, 11) is 0. The average molecular weight is 445 g/mol. The molecule has 1 saturated heterocycles. The standard InChI is InChI=1S/C24H27F3N4O/c1-14(17-7-19(24(25,26)27)11-20(28)8-17)31-15(2)29-12-18-10-22-16(9-23(18)31)3-5-30(22)21-4-6-32-13-21/h7-12,14-15,21H,3-6,13,28H2,1-2H3/t14-,15?,21?/m1/s1. The van der Waals surface area contributed by atoms with Crippen LogP contribution >= 0.6 is 0 Å². The molecule has 0 radical (unpaired) electrons. The van der Waals surface area contributed by atoms with E-state index in [1.807, 2.05) is 20.1 Å². The van der Waals surface area contributed by atoms with Gasteiger partial charge < -0.3 is 20.3 Å². The van der Waals surface area contributed by atoms with Crippen LogP contribution in [0.15, 0.2) is 35.3 Å². The number of benzene rings is 2. The van der Waals surface area contributed by atoms with Gasteiger partial charge in [-0.15, -0.1) is 0 Å². The molecule has 32 heavy (non-hydrogen) atoms. The fraction of sp³-hybridized carbons (Fsp3) is 0.458. The second-order valence-electron chi connectivity index (χ2n) is 8.88. The summed E-state index contributed by atoms with van der Waals surface area (Å²) in [5.41, 5.74) is 10.2. The molecule has 2 aromatic rings. The van der Waals surface area contributed by atoms with E-state index >= 15 is 0 Å². The summed E-state index contributed by atoms with van der Waals surface area (Å²) in [6.07, 6.45) is -0.787. The van der Waals surface area contributed by atoms with Crippen LogP contribution < -0.4 is 15.5 Å². The molecule has 8 heteroatoms. The average Bonchev–Trinajstić information content (AvgIpc) is 3.40. The molecule has 2 aromatic carbocycles. The smallest absolute Gasteiger partial charge is 0.399 e. The van der Waals surface area contributed by atoms with Crippen molar-refractivity contribution in [2.75, 3.05) is 35.3 Å². The van der Waals surface area contributed by atoms with Gasteiger partial charge in [-0.3, -0.25) is 4.99 Å². The Hall–Kier alpha value is -2.74. The first-order valence-corrected chi connectivity index (χ1v) is 11.0. The van der Waals surface area contributed by atoms with Crippen LogP contribution in [0, 0.1) is 0 Å². The van der Waals surface area contributed by atoms with Crippen molar-refractivity contribution in [1.29, 1.82) is 0 Å². The van der Waals surface area contributed by atoms with Crippen molar-refractivity contribution in [2.45, 2.75) is 51.1 Å². The summed E-state index contributed by atoms with van der Waals surface area (Å²) < 4.78 is 45.7. The van der Waals surface area contributed by atoms with Crippen LogP contribution in [-0.2, 0) is 17.3 Å². The van der Waals surface area contributed by atoms with Gasteiger partial charge in [0.05, 0.1) is 24.3 Å². The van der Waals surface area contributed by atoms with E-state index in [4.69, 9.17) is 10.5 Å². The lowest BCUT2D eigenvalue weighted by Crippen LogP contribution is -2.38. The van der Waals surface area contributed by atoms with Crippen LogP contribution in [0.1, 0.15) is 48.6 Å². The minimum absolute atomic E-state index is 0.110. The molecule has 0 spiro atoms. The van der Waals surface area contributed by atoms with Gasteiger partial charge in [-0.2, -0.15) is 13.2 Å². The number of rotatable bonds is 3. The van der Waals surface area contributed by atoms with E-state index in [0.29, 0.717) is 11.6 Å². The predicted octanol–water partition coefficient (Wildman–Crippen LogP) is 4.79. The van der Waals surface area contributed by atoms with Gasteiger partial charge in [0, 0.05) is 42.0 Å². The second-order valence-corrected chi connectivity index (χ2v) is 8.88. The summed E-state index contributed by atoms with van der Waals surface area (Å²) >= 11 is 0.